The van der Waals surface area contributed by atoms with Gasteiger partial charge in [-0.25, -0.2) is 0 Å². The molecule has 1 fully saturated rings. The fourth-order valence-electron chi connectivity index (χ4n) is 2.77. The summed E-state index contributed by atoms with van der Waals surface area (Å²) in [5.41, 5.74) is 2.03. The second-order valence-electron chi connectivity index (χ2n) is 5.86. The van der Waals surface area contributed by atoms with E-state index in [0.717, 1.165) is 17.7 Å². The number of benzene rings is 1. The third-order valence-electron chi connectivity index (χ3n) is 4.09. The molecule has 5 heteroatoms. The molecular weight excluding hydrogens is 308 g/mol. The lowest BCUT2D eigenvalue weighted by Gasteiger charge is -2.17. The van der Waals surface area contributed by atoms with Crippen molar-refractivity contribution in [2.24, 2.45) is 5.92 Å². The highest BCUT2D eigenvalue weighted by atomic mass is 32.1. The van der Waals surface area contributed by atoms with Gasteiger partial charge >= 0.3 is 0 Å². The summed E-state index contributed by atoms with van der Waals surface area (Å²) < 4.78 is 0. The lowest BCUT2D eigenvalue weighted by Crippen LogP contribution is -2.34. The van der Waals surface area contributed by atoms with Crippen LogP contribution in [0.5, 0.6) is 0 Å². The minimum Gasteiger partial charge on any atom is -0.355 e. The molecule has 4 nitrogen and oxygen atoms in total. The lowest BCUT2D eigenvalue weighted by atomic mass is 10.1. The standard InChI is InChI=1S/C18H20N2O2S/c1-13-4-6-15(7-5-13)20-12-14(11-17(20)21)18(22)19-9-8-16-3-2-10-23-16/h2-7,10,14H,8-9,11-12H2,1H3,(H,19,22). The second kappa shape index (κ2) is 6.96. The van der Waals surface area contributed by atoms with E-state index in [4.69, 9.17) is 0 Å². The van der Waals surface area contributed by atoms with Crippen LogP contribution in [-0.2, 0) is 16.0 Å². The Morgan fingerprint density at radius 3 is 2.78 bits per heavy atom. The normalized spacial score (nSPS) is 17.5. The molecule has 0 bridgehead atoms. The van der Waals surface area contributed by atoms with E-state index in [2.05, 4.69) is 11.4 Å². The highest BCUT2D eigenvalue weighted by molar-refractivity contribution is 7.09. The van der Waals surface area contributed by atoms with E-state index in [-0.39, 0.29) is 17.7 Å². The SMILES string of the molecule is Cc1ccc(N2CC(C(=O)NCCc3cccs3)CC2=O)cc1. The number of rotatable bonds is 5. The molecule has 1 saturated heterocycles. The molecule has 2 aromatic rings. The van der Waals surface area contributed by atoms with Gasteiger partial charge in [-0.3, -0.25) is 9.59 Å². The maximum atomic E-state index is 12.3. The topological polar surface area (TPSA) is 49.4 Å². The van der Waals surface area contributed by atoms with E-state index < -0.39 is 0 Å². The van der Waals surface area contributed by atoms with Crippen LogP contribution in [0.25, 0.3) is 0 Å². The molecule has 1 aliphatic heterocycles. The fourth-order valence-corrected chi connectivity index (χ4v) is 3.47. The Morgan fingerprint density at radius 2 is 2.09 bits per heavy atom. The number of hydrogen-bond donors (Lipinski definition) is 1. The number of anilines is 1. The number of carbonyl (C=O) groups excluding carboxylic acids is 2. The van der Waals surface area contributed by atoms with Crippen LogP contribution in [0.4, 0.5) is 5.69 Å². The molecule has 23 heavy (non-hydrogen) atoms. The number of nitrogens with zero attached hydrogens (tertiary/aromatic N) is 1. The van der Waals surface area contributed by atoms with Crippen molar-refractivity contribution in [3.05, 3.63) is 52.2 Å². The second-order valence-corrected chi connectivity index (χ2v) is 6.89. The zero-order chi connectivity index (χ0) is 16.2. The fraction of sp³-hybridized carbons (Fsp3) is 0.333. The molecule has 1 aromatic carbocycles. The van der Waals surface area contributed by atoms with Gasteiger partial charge in [0.25, 0.3) is 0 Å². The van der Waals surface area contributed by atoms with Crippen LogP contribution in [0.3, 0.4) is 0 Å². The van der Waals surface area contributed by atoms with Gasteiger partial charge in [-0.15, -0.1) is 11.3 Å². The average molecular weight is 328 g/mol. The predicted molar refractivity (Wildman–Crippen MR) is 92.7 cm³/mol. The van der Waals surface area contributed by atoms with Gasteiger partial charge in [0.2, 0.25) is 11.8 Å². The van der Waals surface area contributed by atoms with Gasteiger partial charge in [0.1, 0.15) is 0 Å². The summed E-state index contributed by atoms with van der Waals surface area (Å²) in [7, 11) is 0. The first-order valence-corrected chi connectivity index (χ1v) is 8.68. The first-order chi connectivity index (χ1) is 11.1. The number of hydrogen-bond acceptors (Lipinski definition) is 3. The molecule has 120 valence electrons. The van der Waals surface area contributed by atoms with Crippen molar-refractivity contribution in [1.82, 2.24) is 5.32 Å². The van der Waals surface area contributed by atoms with Gasteiger partial charge in [0, 0.05) is 30.1 Å². The first-order valence-electron chi connectivity index (χ1n) is 7.80. The van der Waals surface area contributed by atoms with Crippen molar-refractivity contribution >= 4 is 28.8 Å². The van der Waals surface area contributed by atoms with E-state index in [1.807, 2.05) is 42.6 Å². The number of amides is 2. The molecule has 0 spiro atoms. The van der Waals surface area contributed by atoms with Crippen LogP contribution < -0.4 is 10.2 Å². The minimum atomic E-state index is -0.257. The van der Waals surface area contributed by atoms with Crippen molar-refractivity contribution in [3.8, 4) is 0 Å². The van der Waals surface area contributed by atoms with Gasteiger partial charge < -0.3 is 10.2 Å². The molecule has 2 amide bonds. The molecule has 2 heterocycles. The van der Waals surface area contributed by atoms with E-state index >= 15 is 0 Å². The molecule has 1 atom stereocenters. The summed E-state index contributed by atoms with van der Waals surface area (Å²) in [4.78, 5) is 27.4. The Balaban J connectivity index is 1.54. The summed E-state index contributed by atoms with van der Waals surface area (Å²) in [6.45, 7) is 3.10. The monoisotopic (exact) mass is 328 g/mol. The van der Waals surface area contributed by atoms with Crippen molar-refractivity contribution in [3.63, 3.8) is 0 Å². The summed E-state index contributed by atoms with van der Waals surface area (Å²) in [5, 5.41) is 4.99. The molecule has 1 aliphatic rings. The molecular formula is C18H20N2O2S. The maximum Gasteiger partial charge on any atom is 0.227 e. The number of carbonyl (C=O) groups is 2. The smallest absolute Gasteiger partial charge is 0.227 e. The minimum absolute atomic E-state index is 0.0206. The summed E-state index contributed by atoms with van der Waals surface area (Å²) in [6.07, 6.45) is 1.13. The zero-order valence-electron chi connectivity index (χ0n) is 13.1. The summed E-state index contributed by atoms with van der Waals surface area (Å²) >= 11 is 1.69. The predicted octanol–water partition coefficient (Wildman–Crippen LogP) is 2.77. The third kappa shape index (κ3) is 3.79. The molecule has 0 aliphatic carbocycles. The van der Waals surface area contributed by atoms with Crippen LogP contribution in [0.2, 0.25) is 0 Å². The van der Waals surface area contributed by atoms with Crippen molar-refractivity contribution in [2.75, 3.05) is 18.0 Å². The molecule has 1 N–H and O–H groups in total. The van der Waals surface area contributed by atoms with Crippen molar-refractivity contribution in [2.45, 2.75) is 19.8 Å². The van der Waals surface area contributed by atoms with E-state index in [0.29, 0.717) is 19.5 Å². The quantitative estimate of drug-likeness (QED) is 0.917. The van der Waals surface area contributed by atoms with Crippen LogP contribution in [0.15, 0.2) is 41.8 Å². The molecule has 1 unspecified atom stereocenters. The van der Waals surface area contributed by atoms with Crippen LogP contribution in [-0.4, -0.2) is 24.9 Å². The van der Waals surface area contributed by atoms with Crippen LogP contribution in [0.1, 0.15) is 16.9 Å². The number of aryl methyl sites for hydroxylation is 1. The Morgan fingerprint density at radius 1 is 1.30 bits per heavy atom. The number of thiophene rings is 1. The van der Waals surface area contributed by atoms with Crippen molar-refractivity contribution < 1.29 is 9.59 Å². The van der Waals surface area contributed by atoms with E-state index in [1.165, 1.54) is 4.88 Å². The molecule has 3 rings (SSSR count). The Hall–Kier alpha value is -2.14. The van der Waals surface area contributed by atoms with Gasteiger partial charge in [-0.05, 0) is 36.9 Å². The van der Waals surface area contributed by atoms with Gasteiger partial charge in [-0.2, -0.15) is 0 Å². The van der Waals surface area contributed by atoms with Crippen LogP contribution >= 0.6 is 11.3 Å². The molecule has 1 aromatic heterocycles. The van der Waals surface area contributed by atoms with Gasteiger partial charge in [0.05, 0.1) is 5.92 Å². The van der Waals surface area contributed by atoms with Gasteiger partial charge in [0.15, 0.2) is 0 Å². The molecule has 0 saturated carbocycles. The number of nitrogens with one attached hydrogen (secondary N) is 1. The first kappa shape index (κ1) is 15.7. The van der Waals surface area contributed by atoms with Crippen LogP contribution in [0, 0.1) is 12.8 Å². The zero-order valence-corrected chi connectivity index (χ0v) is 13.9. The lowest BCUT2D eigenvalue weighted by molar-refractivity contribution is -0.126. The Kier molecular flexibility index (Phi) is 4.76. The highest BCUT2D eigenvalue weighted by Gasteiger charge is 2.34. The van der Waals surface area contributed by atoms with Gasteiger partial charge in [-0.1, -0.05) is 23.8 Å². The van der Waals surface area contributed by atoms with E-state index in [1.54, 1.807) is 16.2 Å². The average Bonchev–Trinajstić information content (AvgIpc) is 3.18. The Labute approximate surface area is 140 Å². The molecule has 0 radical (unpaired) electrons. The maximum absolute atomic E-state index is 12.3. The summed E-state index contributed by atoms with van der Waals surface area (Å²) in [5.74, 6) is -0.260. The summed E-state index contributed by atoms with van der Waals surface area (Å²) in [6, 6.07) is 11.9. The third-order valence-corrected chi connectivity index (χ3v) is 5.03. The largest absolute Gasteiger partial charge is 0.355 e. The van der Waals surface area contributed by atoms with E-state index in [9.17, 15) is 9.59 Å². The van der Waals surface area contributed by atoms with Crippen molar-refractivity contribution in [1.29, 1.82) is 0 Å². The highest BCUT2D eigenvalue weighted by Crippen LogP contribution is 2.25. The Bertz CT molecular complexity index is 680.